The maximum absolute atomic E-state index is 14.1. The number of anilines is 1. The van der Waals surface area contributed by atoms with Gasteiger partial charge in [0, 0.05) is 11.1 Å². The summed E-state index contributed by atoms with van der Waals surface area (Å²) in [5.74, 6) is 0. The van der Waals surface area contributed by atoms with Crippen molar-refractivity contribution >= 4 is 18.1 Å². The number of nitrogens with one attached hydrogen (secondary N) is 1. The highest BCUT2D eigenvalue weighted by molar-refractivity contribution is 5.88. The second-order valence-corrected chi connectivity index (χ2v) is 6.02. The molecule has 0 aromatic heterocycles. The number of alkyl halides is 1. The molecule has 0 aliphatic heterocycles. The molecule has 0 atom stereocenters. The fourth-order valence-electron chi connectivity index (χ4n) is 1.67. The second-order valence-electron chi connectivity index (χ2n) is 6.02. The first-order valence-electron chi connectivity index (χ1n) is 6.31. The number of amides is 1. The van der Waals surface area contributed by atoms with Crippen molar-refractivity contribution in [2.75, 3.05) is 5.32 Å². The highest BCUT2D eigenvalue weighted by atomic mass is 19.1. The van der Waals surface area contributed by atoms with Crippen LogP contribution in [0.1, 0.15) is 50.5 Å². The minimum Gasteiger partial charge on any atom is -0.444 e. The lowest BCUT2D eigenvalue weighted by Crippen LogP contribution is -2.28. The van der Waals surface area contributed by atoms with Crippen LogP contribution < -0.4 is 5.32 Å². The minimum atomic E-state index is -1.65. The Bertz CT molecular complexity index is 513. The van der Waals surface area contributed by atoms with Gasteiger partial charge in [-0.15, -0.1) is 0 Å². The van der Waals surface area contributed by atoms with Gasteiger partial charge in [-0.25, -0.2) is 9.18 Å². The maximum Gasteiger partial charge on any atom is 0.412 e. The molecule has 1 rings (SSSR count). The van der Waals surface area contributed by atoms with E-state index in [2.05, 4.69) is 5.32 Å². The van der Waals surface area contributed by atoms with E-state index >= 15 is 0 Å². The molecule has 110 valence electrons. The van der Waals surface area contributed by atoms with Crippen molar-refractivity contribution in [2.24, 2.45) is 0 Å². The lowest BCUT2D eigenvalue weighted by atomic mass is 9.96. The lowest BCUT2D eigenvalue weighted by molar-refractivity contribution is 0.0635. The van der Waals surface area contributed by atoms with E-state index in [9.17, 15) is 14.0 Å². The standard InChI is InChI=1S/C15H20FNO3/c1-14(2,3)20-13(19)17-12-8-10(9-18)6-7-11(12)15(4,5)16/h6-9H,1-5H3,(H,17,19). The third kappa shape index (κ3) is 4.64. The lowest BCUT2D eigenvalue weighted by Gasteiger charge is -2.23. The number of rotatable bonds is 3. The molecule has 0 unspecified atom stereocenters. The first-order chi connectivity index (χ1) is 9.03. The molecular weight excluding hydrogens is 261 g/mol. The first kappa shape index (κ1) is 16.1. The molecule has 20 heavy (non-hydrogen) atoms. The summed E-state index contributed by atoms with van der Waals surface area (Å²) < 4.78 is 19.2. The third-order valence-corrected chi connectivity index (χ3v) is 2.46. The zero-order chi connectivity index (χ0) is 15.6. The molecule has 0 saturated heterocycles. The number of carbonyl (C=O) groups excluding carboxylic acids is 2. The molecule has 1 aromatic rings. The number of hydrogen-bond donors (Lipinski definition) is 1. The van der Waals surface area contributed by atoms with E-state index in [-0.39, 0.29) is 11.3 Å². The largest absolute Gasteiger partial charge is 0.444 e. The monoisotopic (exact) mass is 281 g/mol. The molecule has 0 aliphatic rings. The predicted octanol–water partition coefficient (Wildman–Crippen LogP) is 4.05. The van der Waals surface area contributed by atoms with Gasteiger partial charge < -0.3 is 4.74 Å². The fraction of sp³-hybridized carbons (Fsp3) is 0.467. The fourth-order valence-corrected chi connectivity index (χ4v) is 1.67. The van der Waals surface area contributed by atoms with E-state index in [1.807, 2.05) is 0 Å². The van der Waals surface area contributed by atoms with Crippen LogP contribution in [0.5, 0.6) is 0 Å². The van der Waals surface area contributed by atoms with Crippen molar-refractivity contribution in [1.82, 2.24) is 0 Å². The Morgan fingerprint density at radius 2 is 1.85 bits per heavy atom. The van der Waals surface area contributed by atoms with Crippen LogP contribution in [0.25, 0.3) is 0 Å². The molecule has 0 aliphatic carbocycles. The van der Waals surface area contributed by atoms with Crippen molar-refractivity contribution in [2.45, 2.75) is 45.9 Å². The van der Waals surface area contributed by atoms with Gasteiger partial charge in [0.25, 0.3) is 0 Å². The van der Waals surface area contributed by atoms with Crippen molar-refractivity contribution in [1.29, 1.82) is 0 Å². The van der Waals surface area contributed by atoms with Gasteiger partial charge in [0.1, 0.15) is 17.6 Å². The Morgan fingerprint density at radius 1 is 1.25 bits per heavy atom. The van der Waals surface area contributed by atoms with Gasteiger partial charge in [0.15, 0.2) is 0 Å². The quantitative estimate of drug-likeness (QED) is 0.850. The number of carbonyl (C=O) groups is 2. The van der Waals surface area contributed by atoms with Crippen molar-refractivity contribution in [3.05, 3.63) is 29.3 Å². The van der Waals surface area contributed by atoms with Crippen molar-refractivity contribution in [3.8, 4) is 0 Å². The van der Waals surface area contributed by atoms with Crippen LogP contribution >= 0.6 is 0 Å². The molecular formula is C15H20FNO3. The predicted molar refractivity (Wildman–Crippen MR) is 75.8 cm³/mol. The van der Waals surface area contributed by atoms with E-state index in [0.717, 1.165) is 0 Å². The molecule has 1 aromatic carbocycles. The first-order valence-corrected chi connectivity index (χ1v) is 6.31. The summed E-state index contributed by atoms with van der Waals surface area (Å²) in [6, 6.07) is 4.41. The molecule has 0 heterocycles. The van der Waals surface area contributed by atoms with Gasteiger partial charge >= 0.3 is 6.09 Å². The van der Waals surface area contributed by atoms with E-state index in [1.54, 1.807) is 20.8 Å². The molecule has 0 spiro atoms. The Balaban J connectivity index is 3.08. The topological polar surface area (TPSA) is 55.4 Å². The maximum atomic E-state index is 14.1. The van der Waals surface area contributed by atoms with E-state index in [0.29, 0.717) is 11.8 Å². The summed E-state index contributed by atoms with van der Waals surface area (Å²) in [4.78, 5) is 22.6. The SMILES string of the molecule is CC(C)(C)OC(=O)Nc1cc(C=O)ccc1C(C)(C)F. The normalized spacial score (nSPS) is 11.9. The molecule has 1 N–H and O–H groups in total. The average molecular weight is 281 g/mol. The zero-order valence-electron chi connectivity index (χ0n) is 12.4. The van der Waals surface area contributed by atoms with Crippen LogP contribution in [0.3, 0.4) is 0 Å². The molecule has 0 bridgehead atoms. The summed E-state index contributed by atoms with van der Waals surface area (Å²) in [6.45, 7) is 7.95. The Morgan fingerprint density at radius 3 is 2.30 bits per heavy atom. The summed E-state index contributed by atoms with van der Waals surface area (Å²) in [5.41, 5.74) is -1.43. The minimum absolute atomic E-state index is 0.233. The summed E-state index contributed by atoms with van der Waals surface area (Å²) in [7, 11) is 0. The van der Waals surface area contributed by atoms with Crippen LogP contribution in [0.4, 0.5) is 14.9 Å². The van der Waals surface area contributed by atoms with Crippen LogP contribution in [0, 0.1) is 0 Å². The molecule has 0 fully saturated rings. The van der Waals surface area contributed by atoms with E-state index in [1.165, 1.54) is 32.0 Å². The zero-order valence-corrected chi connectivity index (χ0v) is 12.4. The molecule has 0 radical (unpaired) electrons. The van der Waals surface area contributed by atoms with Gasteiger partial charge in [-0.05, 0) is 40.7 Å². The molecule has 1 amide bonds. The summed E-state index contributed by atoms with van der Waals surface area (Å²) in [5, 5.41) is 2.49. The third-order valence-electron chi connectivity index (χ3n) is 2.46. The van der Waals surface area contributed by atoms with Crippen LogP contribution in [0.2, 0.25) is 0 Å². The highest BCUT2D eigenvalue weighted by Crippen LogP contribution is 2.32. The van der Waals surface area contributed by atoms with Crippen molar-refractivity contribution < 1.29 is 18.7 Å². The summed E-state index contributed by atoms with van der Waals surface area (Å²) in [6.07, 6.45) is -0.0546. The number of aldehydes is 1. The Hall–Kier alpha value is -1.91. The number of halogens is 1. The van der Waals surface area contributed by atoms with Gasteiger partial charge in [-0.1, -0.05) is 12.1 Å². The van der Waals surface area contributed by atoms with Gasteiger partial charge in [0.2, 0.25) is 0 Å². The molecule has 5 heteroatoms. The van der Waals surface area contributed by atoms with Gasteiger partial charge in [-0.3, -0.25) is 10.1 Å². The average Bonchev–Trinajstić information content (AvgIpc) is 2.24. The van der Waals surface area contributed by atoms with E-state index in [4.69, 9.17) is 4.74 Å². The second kappa shape index (κ2) is 5.61. The van der Waals surface area contributed by atoms with Crippen LogP contribution in [-0.2, 0) is 10.4 Å². The number of hydrogen-bond acceptors (Lipinski definition) is 3. The number of benzene rings is 1. The molecule has 4 nitrogen and oxygen atoms in total. The Labute approximate surface area is 118 Å². The molecule has 0 saturated carbocycles. The van der Waals surface area contributed by atoms with Crippen molar-refractivity contribution in [3.63, 3.8) is 0 Å². The highest BCUT2D eigenvalue weighted by Gasteiger charge is 2.25. The van der Waals surface area contributed by atoms with Gasteiger partial charge in [-0.2, -0.15) is 0 Å². The van der Waals surface area contributed by atoms with Gasteiger partial charge in [0.05, 0.1) is 5.69 Å². The van der Waals surface area contributed by atoms with Crippen LogP contribution in [-0.4, -0.2) is 18.0 Å². The smallest absolute Gasteiger partial charge is 0.412 e. The number of ether oxygens (including phenoxy) is 1. The van der Waals surface area contributed by atoms with Crippen LogP contribution in [0.15, 0.2) is 18.2 Å². The summed E-state index contributed by atoms with van der Waals surface area (Å²) >= 11 is 0. The van der Waals surface area contributed by atoms with E-state index < -0.39 is 17.4 Å². The Kier molecular flexibility index (Phi) is 4.53.